The third-order valence-corrected chi connectivity index (χ3v) is 6.86. The van der Waals surface area contributed by atoms with E-state index in [2.05, 4.69) is 5.32 Å². The Bertz CT molecular complexity index is 1270. The van der Waals surface area contributed by atoms with Crippen molar-refractivity contribution < 1.29 is 28.8 Å². The Labute approximate surface area is 199 Å². The molecule has 1 N–H and O–H groups in total. The van der Waals surface area contributed by atoms with Gasteiger partial charge in [0.05, 0.1) is 28.0 Å². The van der Waals surface area contributed by atoms with Gasteiger partial charge in [-0.05, 0) is 55.5 Å². The Morgan fingerprint density at radius 1 is 1.06 bits per heavy atom. The van der Waals surface area contributed by atoms with Crippen LogP contribution >= 0.6 is 0 Å². The molecule has 2 aliphatic carbocycles. The number of benzene rings is 2. The number of rotatable bonds is 6. The first kappa shape index (κ1) is 22.5. The Morgan fingerprint density at radius 2 is 1.69 bits per heavy atom. The number of aryl methyl sites for hydroxylation is 1. The molecule has 0 spiro atoms. The number of hydrogen-bond donors (Lipinski definition) is 1. The summed E-state index contributed by atoms with van der Waals surface area (Å²) < 4.78 is 5.03. The van der Waals surface area contributed by atoms with Crippen molar-refractivity contribution in [3.8, 4) is 0 Å². The van der Waals surface area contributed by atoms with Gasteiger partial charge in [-0.3, -0.25) is 29.4 Å². The standard InChI is InChI=1S/C25H21N3O7/c1-13-2-7-17(11-19(13)28(33)34)26-20(29)12-35-25(32)14-5-8-18(9-6-14)27-23(30)21-15-3-4-16(10-15)22(21)24(27)31/h2-9,11,15-16,21-22H,10,12H2,1H3,(H,26,29)/t15-,16-,21-,22-/m0/s1. The van der Waals surface area contributed by atoms with Gasteiger partial charge in [0, 0.05) is 17.3 Å². The number of nitro benzene ring substituents is 1. The van der Waals surface area contributed by atoms with E-state index in [0.717, 1.165) is 6.42 Å². The number of nitrogens with zero attached hydrogens (tertiary/aromatic N) is 2. The maximum Gasteiger partial charge on any atom is 0.338 e. The van der Waals surface area contributed by atoms with Crippen LogP contribution in [0.4, 0.5) is 17.1 Å². The molecule has 10 heteroatoms. The SMILES string of the molecule is Cc1ccc(NC(=O)COC(=O)c2ccc(N3C(=O)[C@@H]4[C@@H](C3=O)[C@H]3C=C[C@H]4C3)cc2)cc1[N+](=O)[O-]. The first-order valence-corrected chi connectivity index (χ1v) is 11.1. The van der Waals surface area contributed by atoms with Crippen LogP contribution in [-0.2, 0) is 19.1 Å². The highest BCUT2D eigenvalue weighted by Gasteiger charge is 2.59. The minimum Gasteiger partial charge on any atom is -0.452 e. The second-order valence-electron chi connectivity index (χ2n) is 8.94. The molecule has 4 atom stereocenters. The molecular weight excluding hydrogens is 454 g/mol. The Balaban J connectivity index is 1.19. The summed E-state index contributed by atoms with van der Waals surface area (Å²) in [7, 11) is 0. The average molecular weight is 475 g/mol. The zero-order valence-corrected chi connectivity index (χ0v) is 18.7. The summed E-state index contributed by atoms with van der Waals surface area (Å²) in [5, 5.41) is 13.5. The van der Waals surface area contributed by atoms with Crippen LogP contribution in [0.3, 0.4) is 0 Å². The van der Waals surface area contributed by atoms with E-state index in [4.69, 9.17) is 4.74 Å². The topological polar surface area (TPSA) is 136 Å². The first-order chi connectivity index (χ1) is 16.7. The molecule has 1 saturated heterocycles. The van der Waals surface area contributed by atoms with E-state index in [1.165, 1.54) is 47.4 Å². The Kier molecular flexibility index (Phi) is 5.43. The van der Waals surface area contributed by atoms with Gasteiger partial charge in [0.2, 0.25) is 11.8 Å². The van der Waals surface area contributed by atoms with Crippen LogP contribution in [0.25, 0.3) is 0 Å². The van der Waals surface area contributed by atoms with Crippen LogP contribution in [0.1, 0.15) is 22.3 Å². The van der Waals surface area contributed by atoms with Crippen molar-refractivity contribution in [2.75, 3.05) is 16.8 Å². The van der Waals surface area contributed by atoms with Crippen molar-refractivity contribution >= 4 is 40.8 Å². The van der Waals surface area contributed by atoms with Crippen LogP contribution < -0.4 is 10.2 Å². The van der Waals surface area contributed by atoms with Gasteiger partial charge < -0.3 is 10.1 Å². The molecule has 178 valence electrons. The number of imide groups is 1. The molecule has 1 aliphatic heterocycles. The fraction of sp³-hybridized carbons (Fsp3) is 0.280. The molecule has 2 bridgehead atoms. The fourth-order valence-electron chi connectivity index (χ4n) is 5.20. The molecule has 2 aromatic rings. The number of carbonyl (C=O) groups excluding carboxylic acids is 4. The minimum absolute atomic E-state index is 0.109. The number of amides is 3. The zero-order chi connectivity index (χ0) is 24.9. The van der Waals surface area contributed by atoms with Crippen molar-refractivity contribution in [2.45, 2.75) is 13.3 Å². The van der Waals surface area contributed by atoms with Crippen molar-refractivity contribution in [3.05, 3.63) is 75.9 Å². The predicted octanol–water partition coefficient (Wildman–Crippen LogP) is 3.01. The van der Waals surface area contributed by atoms with Crippen LogP contribution in [0.5, 0.6) is 0 Å². The van der Waals surface area contributed by atoms with Crippen LogP contribution in [0, 0.1) is 40.7 Å². The van der Waals surface area contributed by atoms with Crippen LogP contribution in [-0.4, -0.2) is 35.2 Å². The highest BCUT2D eigenvalue weighted by atomic mass is 16.6. The first-order valence-electron chi connectivity index (χ1n) is 11.1. The summed E-state index contributed by atoms with van der Waals surface area (Å²) in [6.45, 7) is 0.990. The maximum absolute atomic E-state index is 12.9. The molecule has 10 nitrogen and oxygen atoms in total. The van der Waals surface area contributed by atoms with E-state index >= 15 is 0 Å². The van der Waals surface area contributed by atoms with E-state index in [1.54, 1.807) is 6.92 Å². The number of carbonyl (C=O) groups is 4. The van der Waals surface area contributed by atoms with Crippen LogP contribution in [0.2, 0.25) is 0 Å². The summed E-state index contributed by atoms with van der Waals surface area (Å²) in [6, 6.07) is 10.1. The summed E-state index contributed by atoms with van der Waals surface area (Å²) in [5.74, 6) is -2.24. The van der Waals surface area contributed by atoms with E-state index in [-0.39, 0.29) is 52.4 Å². The second kappa shape index (κ2) is 8.46. The largest absolute Gasteiger partial charge is 0.452 e. The van der Waals surface area contributed by atoms with Gasteiger partial charge in [0.15, 0.2) is 6.61 Å². The predicted molar refractivity (Wildman–Crippen MR) is 123 cm³/mol. The number of fused-ring (bicyclic) bond motifs is 5. The van der Waals surface area contributed by atoms with Gasteiger partial charge >= 0.3 is 5.97 Å². The maximum atomic E-state index is 12.9. The minimum atomic E-state index is -0.764. The number of esters is 1. The van der Waals surface area contributed by atoms with Gasteiger partial charge in [-0.1, -0.05) is 18.2 Å². The molecule has 3 amide bonds. The normalized spacial score (nSPS) is 24.0. The smallest absolute Gasteiger partial charge is 0.338 e. The number of hydrogen-bond acceptors (Lipinski definition) is 7. The number of allylic oxidation sites excluding steroid dienone is 2. The number of ether oxygens (including phenoxy) is 1. The lowest BCUT2D eigenvalue weighted by atomic mass is 9.85. The van der Waals surface area contributed by atoms with Crippen molar-refractivity contribution in [2.24, 2.45) is 23.7 Å². The van der Waals surface area contributed by atoms with E-state index in [0.29, 0.717) is 11.3 Å². The zero-order valence-electron chi connectivity index (χ0n) is 18.7. The number of nitro groups is 1. The summed E-state index contributed by atoms with van der Waals surface area (Å²) in [4.78, 5) is 62.0. The highest BCUT2D eigenvalue weighted by molar-refractivity contribution is 6.22. The van der Waals surface area contributed by atoms with Gasteiger partial charge in [0.25, 0.3) is 11.6 Å². The van der Waals surface area contributed by atoms with Crippen molar-refractivity contribution in [3.63, 3.8) is 0 Å². The fourth-order valence-corrected chi connectivity index (χ4v) is 5.20. The average Bonchev–Trinajstić information content (AvgIpc) is 3.52. The molecular formula is C25H21N3O7. The Hall–Kier alpha value is -4.34. The van der Waals surface area contributed by atoms with E-state index in [1.807, 2.05) is 12.2 Å². The number of anilines is 2. The van der Waals surface area contributed by atoms with Crippen LogP contribution in [0.15, 0.2) is 54.6 Å². The third kappa shape index (κ3) is 3.86. The summed E-state index contributed by atoms with van der Waals surface area (Å²) in [6.07, 6.45) is 4.89. The summed E-state index contributed by atoms with van der Waals surface area (Å²) in [5.41, 5.74) is 1.06. The van der Waals surface area contributed by atoms with Gasteiger partial charge in [0.1, 0.15) is 0 Å². The Morgan fingerprint density at radius 3 is 2.29 bits per heavy atom. The van der Waals surface area contributed by atoms with Crippen molar-refractivity contribution in [1.82, 2.24) is 0 Å². The van der Waals surface area contributed by atoms with E-state index in [9.17, 15) is 29.3 Å². The van der Waals surface area contributed by atoms with Crippen molar-refractivity contribution in [1.29, 1.82) is 0 Å². The van der Waals surface area contributed by atoms with Gasteiger partial charge in [-0.2, -0.15) is 0 Å². The molecule has 3 aliphatic rings. The van der Waals surface area contributed by atoms with Gasteiger partial charge in [-0.15, -0.1) is 0 Å². The van der Waals surface area contributed by atoms with E-state index < -0.39 is 23.4 Å². The second-order valence-corrected chi connectivity index (χ2v) is 8.94. The third-order valence-electron chi connectivity index (χ3n) is 6.86. The molecule has 5 rings (SSSR count). The highest BCUT2D eigenvalue weighted by Crippen LogP contribution is 2.53. The molecule has 2 aromatic carbocycles. The lowest BCUT2D eigenvalue weighted by molar-refractivity contribution is -0.385. The molecule has 35 heavy (non-hydrogen) atoms. The lowest BCUT2D eigenvalue weighted by Crippen LogP contribution is -2.32. The van der Waals surface area contributed by atoms with Gasteiger partial charge in [-0.25, -0.2) is 4.79 Å². The molecule has 0 unspecified atom stereocenters. The molecule has 1 saturated carbocycles. The quantitative estimate of drug-likeness (QED) is 0.223. The monoisotopic (exact) mass is 475 g/mol. The summed E-state index contributed by atoms with van der Waals surface area (Å²) >= 11 is 0. The molecule has 1 heterocycles. The molecule has 0 radical (unpaired) electrons. The molecule has 2 fully saturated rings. The lowest BCUT2D eigenvalue weighted by Gasteiger charge is -2.17. The number of nitrogens with one attached hydrogen (secondary N) is 1. The molecule has 0 aromatic heterocycles.